The zero-order chi connectivity index (χ0) is 20.8. The van der Waals surface area contributed by atoms with Gasteiger partial charge in [0.2, 0.25) is 9.84 Å². The van der Waals surface area contributed by atoms with E-state index in [9.17, 15) is 17.2 Å². The Hall–Kier alpha value is -2.83. The maximum atomic E-state index is 14.3. The molecular formula is C22H14ClF2NO2S. The first-order valence-electron chi connectivity index (χ1n) is 8.63. The van der Waals surface area contributed by atoms with E-state index in [1.165, 1.54) is 42.5 Å². The van der Waals surface area contributed by atoms with Gasteiger partial charge in [0.25, 0.3) is 0 Å². The van der Waals surface area contributed by atoms with Gasteiger partial charge in [-0.15, -0.1) is 0 Å². The summed E-state index contributed by atoms with van der Waals surface area (Å²) < 4.78 is 55.1. The summed E-state index contributed by atoms with van der Waals surface area (Å²) in [6, 6.07) is 14.2. The average molecular weight is 430 g/mol. The van der Waals surface area contributed by atoms with E-state index in [0.717, 1.165) is 11.8 Å². The summed E-state index contributed by atoms with van der Waals surface area (Å²) in [7, 11) is -4.07. The topological polar surface area (TPSA) is 47.0 Å². The third-order valence-corrected chi connectivity index (χ3v) is 6.84. The minimum atomic E-state index is -4.07. The van der Waals surface area contributed by atoms with Crippen molar-refractivity contribution in [3.8, 4) is 11.1 Å². The van der Waals surface area contributed by atoms with E-state index in [1.54, 1.807) is 25.1 Å². The van der Waals surface area contributed by atoms with Gasteiger partial charge in [0.15, 0.2) is 0 Å². The van der Waals surface area contributed by atoms with Crippen molar-refractivity contribution >= 4 is 32.3 Å². The van der Waals surface area contributed by atoms with Crippen LogP contribution in [0.3, 0.4) is 0 Å². The molecule has 7 heteroatoms. The minimum Gasteiger partial charge on any atom is -0.252 e. The number of rotatable bonds is 3. The molecule has 0 aliphatic heterocycles. The normalized spacial score (nSPS) is 11.7. The van der Waals surface area contributed by atoms with Crippen molar-refractivity contribution in [1.29, 1.82) is 0 Å². The van der Waals surface area contributed by atoms with Crippen LogP contribution in [-0.4, -0.2) is 13.4 Å². The van der Waals surface area contributed by atoms with Gasteiger partial charge in [-0.05, 0) is 48.4 Å². The van der Waals surface area contributed by atoms with Crippen LogP contribution in [0.4, 0.5) is 8.78 Å². The summed E-state index contributed by atoms with van der Waals surface area (Å²) in [5.74, 6) is -1.13. The number of halogens is 3. The number of fused-ring (bicyclic) bond motifs is 1. The monoisotopic (exact) mass is 429 g/mol. The Morgan fingerprint density at radius 3 is 2.45 bits per heavy atom. The van der Waals surface area contributed by atoms with Gasteiger partial charge < -0.3 is 0 Å². The van der Waals surface area contributed by atoms with Crippen LogP contribution in [0, 0.1) is 18.6 Å². The van der Waals surface area contributed by atoms with Gasteiger partial charge in [-0.2, -0.15) is 0 Å². The standard InChI is InChI=1S/C22H14ClF2NO2S/c1-13-8-9-16(11-18(13)23)29(27,28)20-12-26-22-17(6-3-7-19(22)25)21(20)14-4-2-5-15(24)10-14/h2-12H,1H3. The van der Waals surface area contributed by atoms with Crippen molar-refractivity contribution in [2.24, 2.45) is 0 Å². The fourth-order valence-corrected chi connectivity index (χ4v) is 4.89. The summed E-state index contributed by atoms with van der Waals surface area (Å²) in [4.78, 5) is 3.86. The second-order valence-electron chi connectivity index (χ2n) is 6.56. The molecule has 146 valence electrons. The lowest BCUT2D eigenvalue weighted by molar-refractivity contribution is 0.595. The molecule has 0 aliphatic carbocycles. The van der Waals surface area contributed by atoms with Gasteiger partial charge in [-0.25, -0.2) is 17.2 Å². The third kappa shape index (κ3) is 3.39. The molecular weight excluding hydrogens is 416 g/mol. The SMILES string of the molecule is Cc1ccc(S(=O)(=O)c2cnc3c(F)cccc3c2-c2cccc(F)c2)cc1Cl. The highest BCUT2D eigenvalue weighted by atomic mass is 35.5. The van der Waals surface area contributed by atoms with Crippen LogP contribution in [0.15, 0.2) is 76.7 Å². The fourth-order valence-electron chi connectivity index (χ4n) is 3.18. The summed E-state index contributed by atoms with van der Waals surface area (Å²) in [5.41, 5.74) is 1.23. The molecule has 3 nitrogen and oxygen atoms in total. The number of aryl methyl sites for hydroxylation is 1. The molecule has 0 spiro atoms. The number of aromatic nitrogens is 1. The maximum absolute atomic E-state index is 14.3. The minimum absolute atomic E-state index is 0.00708. The second-order valence-corrected chi connectivity index (χ2v) is 8.88. The van der Waals surface area contributed by atoms with Crippen LogP contribution in [0.5, 0.6) is 0 Å². The molecule has 4 aromatic rings. The largest absolute Gasteiger partial charge is 0.252 e. The lowest BCUT2D eigenvalue weighted by Crippen LogP contribution is -2.06. The number of hydrogen-bond donors (Lipinski definition) is 0. The maximum Gasteiger partial charge on any atom is 0.208 e. The molecule has 1 heterocycles. The molecule has 0 radical (unpaired) electrons. The summed E-state index contributed by atoms with van der Waals surface area (Å²) >= 11 is 6.12. The van der Waals surface area contributed by atoms with Crippen molar-refractivity contribution in [1.82, 2.24) is 4.98 Å². The van der Waals surface area contributed by atoms with Gasteiger partial charge in [0.05, 0.1) is 9.79 Å². The van der Waals surface area contributed by atoms with E-state index in [0.29, 0.717) is 10.6 Å². The summed E-state index contributed by atoms with van der Waals surface area (Å²) in [5, 5.41) is 0.577. The second kappa shape index (κ2) is 7.21. The quantitative estimate of drug-likeness (QED) is 0.402. The Balaban J connectivity index is 2.09. The Morgan fingerprint density at radius 1 is 0.966 bits per heavy atom. The average Bonchev–Trinajstić information content (AvgIpc) is 2.69. The zero-order valence-corrected chi connectivity index (χ0v) is 16.7. The van der Waals surface area contributed by atoms with E-state index in [2.05, 4.69) is 4.98 Å². The number of hydrogen-bond acceptors (Lipinski definition) is 3. The Labute approximate surface area is 171 Å². The Morgan fingerprint density at radius 2 is 1.72 bits per heavy atom. The molecule has 3 aromatic carbocycles. The van der Waals surface area contributed by atoms with Crippen molar-refractivity contribution in [2.45, 2.75) is 16.7 Å². The zero-order valence-electron chi connectivity index (χ0n) is 15.2. The molecule has 0 bridgehead atoms. The molecule has 0 aliphatic rings. The van der Waals surface area contributed by atoms with Gasteiger partial charge in [0, 0.05) is 22.2 Å². The Kier molecular flexibility index (Phi) is 4.84. The highest BCUT2D eigenvalue weighted by molar-refractivity contribution is 7.91. The van der Waals surface area contributed by atoms with Gasteiger partial charge >= 0.3 is 0 Å². The number of sulfone groups is 1. The van der Waals surface area contributed by atoms with Crippen molar-refractivity contribution in [2.75, 3.05) is 0 Å². The van der Waals surface area contributed by atoms with Gasteiger partial charge in [0.1, 0.15) is 17.2 Å². The molecule has 0 unspecified atom stereocenters. The summed E-state index contributed by atoms with van der Waals surface area (Å²) in [6.45, 7) is 1.76. The molecule has 4 rings (SSSR count). The van der Waals surface area contributed by atoms with Crippen molar-refractivity contribution in [3.05, 3.63) is 89.1 Å². The number of nitrogens with zero attached hydrogens (tertiary/aromatic N) is 1. The van der Waals surface area contributed by atoms with Crippen LogP contribution >= 0.6 is 11.6 Å². The predicted molar refractivity (Wildman–Crippen MR) is 109 cm³/mol. The summed E-state index contributed by atoms with van der Waals surface area (Å²) in [6.07, 6.45) is 1.11. The first-order chi connectivity index (χ1) is 13.8. The first-order valence-corrected chi connectivity index (χ1v) is 10.5. The van der Waals surface area contributed by atoms with E-state index in [4.69, 9.17) is 11.6 Å². The smallest absolute Gasteiger partial charge is 0.208 e. The van der Waals surface area contributed by atoms with E-state index < -0.39 is 21.5 Å². The van der Waals surface area contributed by atoms with Crippen LogP contribution in [-0.2, 0) is 9.84 Å². The van der Waals surface area contributed by atoms with Gasteiger partial charge in [-0.3, -0.25) is 4.98 Å². The van der Waals surface area contributed by atoms with Crippen LogP contribution in [0.25, 0.3) is 22.0 Å². The number of pyridine rings is 1. The molecule has 29 heavy (non-hydrogen) atoms. The van der Waals surface area contributed by atoms with Crippen LogP contribution < -0.4 is 0 Å². The molecule has 0 fully saturated rings. The fraction of sp³-hybridized carbons (Fsp3) is 0.0455. The molecule has 0 atom stereocenters. The molecule has 0 saturated carbocycles. The van der Waals surface area contributed by atoms with Gasteiger partial charge in [-0.1, -0.05) is 41.9 Å². The lowest BCUT2D eigenvalue weighted by atomic mass is 10.0. The van der Waals surface area contributed by atoms with Crippen molar-refractivity contribution in [3.63, 3.8) is 0 Å². The van der Waals surface area contributed by atoms with E-state index >= 15 is 0 Å². The molecule has 1 aromatic heterocycles. The molecule has 0 N–H and O–H groups in total. The Bertz CT molecular complexity index is 1370. The highest BCUT2D eigenvalue weighted by Gasteiger charge is 2.26. The number of para-hydroxylation sites is 1. The van der Waals surface area contributed by atoms with E-state index in [-0.39, 0.29) is 26.3 Å². The van der Waals surface area contributed by atoms with Crippen LogP contribution in [0.1, 0.15) is 5.56 Å². The van der Waals surface area contributed by atoms with Crippen LogP contribution in [0.2, 0.25) is 5.02 Å². The highest BCUT2D eigenvalue weighted by Crippen LogP contribution is 2.37. The molecule has 0 amide bonds. The molecule has 0 saturated heterocycles. The lowest BCUT2D eigenvalue weighted by Gasteiger charge is -2.14. The first kappa shape index (κ1) is 19.5. The number of benzene rings is 3. The third-order valence-electron chi connectivity index (χ3n) is 4.67. The predicted octanol–water partition coefficient (Wildman–Crippen LogP) is 5.97. The van der Waals surface area contributed by atoms with E-state index in [1.807, 2.05) is 0 Å². The van der Waals surface area contributed by atoms with Crippen molar-refractivity contribution < 1.29 is 17.2 Å².